The highest BCUT2D eigenvalue weighted by molar-refractivity contribution is 9.10. The summed E-state index contributed by atoms with van der Waals surface area (Å²) in [6.45, 7) is 0.248. The molecule has 4 rings (SSSR count). The van der Waals surface area contributed by atoms with Crippen LogP contribution in [0.25, 0.3) is 5.69 Å². The Hall–Kier alpha value is -2.92. The first-order valence-electron chi connectivity index (χ1n) is 10.1. The molecule has 0 bridgehead atoms. The van der Waals surface area contributed by atoms with Gasteiger partial charge in [-0.1, -0.05) is 75.2 Å². The van der Waals surface area contributed by atoms with E-state index in [0.717, 1.165) is 15.7 Å². The van der Waals surface area contributed by atoms with Crippen molar-refractivity contribution in [3.63, 3.8) is 0 Å². The number of thioether (sulfide) groups is 1. The van der Waals surface area contributed by atoms with Gasteiger partial charge in [0.2, 0.25) is 5.16 Å². The molecular weight excluding hydrogens is 575 g/mol. The molecule has 3 aromatic carbocycles. The highest BCUT2D eigenvalue weighted by atomic mass is 79.9. The van der Waals surface area contributed by atoms with Crippen molar-refractivity contribution < 1.29 is 9.53 Å². The minimum atomic E-state index is -0.306. The predicted octanol–water partition coefficient (Wildman–Crippen LogP) is 5.55. The molecule has 8 nitrogen and oxygen atoms in total. The van der Waals surface area contributed by atoms with Crippen molar-refractivity contribution in [3.8, 4) is 11.4 Å². The molecule has 0 atom stereocenters. The maximum absolute atomic E-state index is 12.3. The van der Waals surface area contributed by atoms with Crippen molar-refractivity contribution in [2.24, 2.45) is 5.10 Å². The fourth-order valence-electron chi connectivity index (χ4n) is 2.88. The number of halogens is 3. The van der Waals surface area contributed by atoms with E-state index in [1.165, 1.54) is 18.0 Å². The van der Waals surface area contributed by atoms with E-state index < -0.39 is 0 Å². The quantitative estimate of drug-likeness (QED) is 0.156. The van der Waals surface area contributed by atoms with Crippen LogP contribution >= 0.6 is 50.9 Å². The van der Waals surface area contributed by atoms with Crippen LogP contribution in [-0.2, 0) is 11.4 Å². The first kappa shape index (κ1) is 25.2. The van der Waals surface area contributed by atoms with E-state index in [1.54, 1.807) is 22.9 Å². The lowest BCUT2D eigenvalue weighted by Gasteiger charge is -2.11. The zero-order chi connectivity index (χ0) is 24.6. The summed E-state index contributed by atoms with van der Waals surface area (Å²) in [6.07, 6.45) is 1.51. The zero-order valence-electron chi connectivity index (χ0n) is 17.9. The lowest BCUT2D eigenvalue weighted by molar-refractivity contribution is -0.118. The maximum Gasteiger partial charge on any atom is 0.250 e. The number of nitrogens with zero attached hydrogens (tertiary/aromatic N) is 5. The average molecular weight is 592 g/mol. The van der Waals surface area contributed by atoms with Gasteiger partial charge in [-0.05, 0) is 52.9 Å². The number of tetrazole rings is 1. The van der Waals surface area contributed by atoms with E-state index in [0.29, 0.717) is 26.5 Å². The predicted molar refractivity (Wildman–Crippen MR) is 141 cm³/mol. The molecule has 0 saturated heterocycles. The first-order valence-corrected chi connectivity index (χ1v) is 12.7. The molecule has 0 saturated carbocycles. The lowest BCUT2D eigenvalue weighted by atomic mass is 10.2. The van der Waals surface area contributed by atoms with Crippen LogP contribution in [0.5, 0.6) is 5.75 Å². The van der Waals surface area contributed by atoms with Gasteiger partial charge in [0.25, 0.3) is 5.91 Å². The lowest BCUT2D eigenvalue weighted by Crippen LogP contribution is -2.20. The molecule has 0 radical (unpaired) electrons. The molecule has 1 N–H and O–H groups in total. The highest BCUT2D eigenvalue weighted by Crippen LogP contribution is 2.26. The summed E-state index contributed by atoms with van der Waals surface area (Å²) in [4.78, 5) is 12.3. The van der Waals surface area contributed by atoms with Crippen LogP contribution in [0.3, 0.4) is 0 Å². The largest absolute Gasteiger partial charge is 0.488 e. The van der Waals surface area contributed by atoms with Gasteiger partial charge in [-0.15, -0.1) is 5.10 Å². The number of rotatable bonds is 9. The second-order valence-electron chi connectivity index (χ2n) is 7.00. The molecule has 0 unspecified atom stereocenters. The Morgan fingerprint density at radius 3 is 2.77 bits per heavy atom. The molecular formula is C23H17BrCl2N6O2S. The third kappa shape index (κ3) is 7.04. The second kappa shape index (κ2) is 12.2. The van der Waals surface area contributed by atoms with E-state index in [4.69, 9.17) is 27.9 Å². The number of hydrogen-bond acceptors (Lipinski definition) is 7. The minimum absolute atomic E-state index is 0.0848. The van der Waals surface area contributed by atoms with E-state index in [9.17, 15) is 4.79 Å². The van der Waals surface area contributed by atoms with E-state index >= 15 is 0 Å². The molecule has 1 amide bonds. The van der Waals surface area contributed by atoms with E-state index in [1.807, 2.05) is 48.5 Å². The number of carbonyl (C=O) groups is 1. The number of carbonyl (C=O) groups excluding carboxylic acids is 1. The standard InChI is InChI=1S/C23H17BrCl2N6O2S/c24-17-7-9-21(34-13-15-6-8-18(25)11-20(15)26)16(10-17)12-27-28-22(33)14-35-23-29-30-31-32(23)19-4-2-1-3-5-19/h1-12H,13-14H2,(H,28,33)/b27-12+. The number of para-hydroxylation sites is 1. The SMILES string of the molecule is O=C(CSc1nnnn1-c1ccccc1)N/N=C/c1cc(Br)ccc1OCc1ccc(Cl)cc1Cl. The number of benzene rings is 3. The van der Waals surface area contributed by atoms with Gasteiger partial charge in [-0.25, -0.2) is 5.43 Å². The van der Waals surface area contributed by atoms with Crippen LogP contribution in [0.15, 0.2) is 81.5 Å². The van der Waals surface area contributed by atoms with Crippen molar-refractivity contribution in [3.05, 3.63) is 92.4 Å². The maximum atomic E-state index is 12.3. The molecule has 1 heterocycles. The van der Waals surface area contributed by atoms with Gasteiger partial charge in [0.1, 0.15) is 12.4 Å². The normalized spacial score (nSPS) is 11.1. The monoisotopic (exact) mass is 590 g/mol. The van der Waals surface area contributed by atoms with Gasteiger partial charge < -0.3 is 4.74 Å². The number of nitrogens with one attached hydrogen (secondary N) is 1. The van der Waals surface area contributed by atoms with E-state index in [2.05, 4.69) is 42.0 Å². The Morgan fingerprint density at radius 2 is 1.97 bits per heavy atom. The topological polar surface area (TPSA) is 94.3 Å². The first-order chi connectivity index (χ1) is 17.0. The van der Waals surface area contributed by atoms with Gasteiger partial charge in [-0.2, -0.15) is 9.78 Å². The summed E-state index contributed by atoms with van der Waals surface area (Å²) in [5.74, 6) is 0.356. The van der Waals surface area contributed by atoms with Crippen LogP contribution in [0.2, 0.25) is 10.0 Å². The zero-order valence-corrected chi connectivity index (χ0v) is 21.9. The summed E-state index contributed by atoms with van der Waals surface area (Å²) < 4.78 is 8.33. The molecule has 35 heavy (non-hydrogen) atoms. The Balaban J connectivity index is 1.35. The molecule has 0 aliphatic carbocycles. The van der Waals surface area contributed by atoms with Gasteiger partial charge in [0.15, 0.2) is 0 Å². The van der Waals surface area contributed by atoms with Gasteiger partial charge >= 0.3 is 0 Å². The number of hydrazone groups is 1. The Morgan fingerprint density at radius 1 is 1.14 bits per heavy atom. The van der Waals surface area contributed by atoms with Crippen molar-refractivity contribution in [2.75, 3.05) is 5.75 Å². The van der Waals surface area contributed by atoms with Crippen LogP contribution in [-0.4, -0.2) is 38.1 Å². The average Bonchev–Trinajstić information content (AvgIpc) is 3.32. The third-order valence-corrected chi connectivity index (χ3v) is 6.54. The van der Waals surface area contributed by atoms with E-state index in [-0.39, 0.29) is 18.3 Å². The number of aromatic nitrogens is 4. The highest BCUT2D eigenvalue weighted by Gasteiger charge is 2.11. The molecule has 178 valence electrons. The van der Waals surface area contributed by atoms with Crippen molar-refractivity contribution in [2.45, 2.75) is 11.8 Å². The summed E-state index contributed by atoms with van der Waals surface area (Å²) in [5.41, 5.74) is 4.79. The van der Waals surface area contributed by atoms with Crippen LogP contribution in [0.1, 0.15) is 11.1 Å². The fraction of sp³-hybridized carbons (Fsp3) is 0.0870. The molecule has 1 aromatic heterocycles. The summed E-state index contributed by atoms with van der Waals surface area (Å²) in [7, 11) is 0. The van der Waals surface area contributed by atoms with Gasteiger partial charge in [0, 0.05) is 25.6 Å². The molecule has 0 aliphatic heterocycles. The number of hydrogen-bond donors (Lipinski definition) is 1. The fourth-order valence-corrected chi connectivity index (χ4v) is 4.41. The molecule has 0 fully saturated rings. The molecule has 12 heteroatoms. The summed E-state index contributed by atoms with van der Waals surface area (Å²) in [5, 5.41) is 17.3. The molecule has 4 aromatic rings. The smallest absolute Gasteiger partial charge is 0.250 e. The summed E-state index contributed by atoms with van der Waals surface area (Å²) in [6, 6.07) is 20.1. The van der Waals surface area contributed by atoms with Crippen LogP contribution < -0.4 is 10.2 Å². The van der Waals surface area contributed by atoms with Crippen LogP contribution in [0.4, 0.5) is 0 Å². The second-order valence-corrected chi connectivity index (χ2v) is 9.70. The Kier molecular flexibility index (Phi) is 8.75. The number of amides is 1. The van der Waals surface area contributed by atoms with Gasteiger partial charge in [0.05, 0.1) is 17.7 Å². The van der Waals surface area contributed by atoms with Crippen molar-refractivity contribution in [1.82, 2.24) is 25.6 Å². The molecule has 0 aliphatic rings. The van der Waals surface area contributed by atoms with Gasteiger partial charge in [-0.3, -0.25) is 4.79 Å². The van der Waals surface area contributed by atoms with Crippen molar-refractivity contribution >= 4 is 63.0 Å². The van der Waals surface area contributed by atoms with Crippen LogP contribution in [0, 0.1) is 0 Å². The summed E-state index contributed by atoms with van der Waals surface area (Å²) >= 11 is 16.8. The molecule has 0 spiro atoms. The third-order valence-electron chi connectivity index (χ3n) is 4.54. The Labute approximate surface area is 223 Å². The minimum Gasteiger partial charge on any atom is -0.488 e. The Bertz CT molecular complexity index is 1350. The number of ether oxygens (including phenoxy) is 1. The van der Waals surface area contributed by atoms with Crippen molar-refractivity contribution in [1.29, 1.82) is 0 Å².